The van der Waals surface area contributed by atoms with E-state index in [1.165, 1.54) is 19.3 Å². The predicted octanol–water partition coefficient (Wildman–Crippen LogP) is 2.55. The first-order valence-corrected chi connectivity index (χ1v) is 7.22. The van der Waals surface area contributed by atoms with Crippen LogP contribution in [0.25, 0.3) is 11.6 Å². The molecule has 0 aliphatic heterocycles. The zero-order chi connectivity index (χ0) is 13.6. The molecule has 2 N–H and O–H groups in total. The number of nitrogens with one attached hydrogen (secondary N) is 2. The summed E-state index contributed by atoms with van der Waals surface area (Å²) in [6.45, 7) is 2.01. The average molecular weight is 272 g/mol. The molecule has 1 aliphatic carbocycles. The molecule has 5 nitrogen and oxygen atoms in total. The summed E-state index contributed by atoms with van der Waals surface area (Å²) in [4.78, 5) is 4.43. The Morgan fingerprint density at radius 2 is 2.40 bits per heavy atom. The number of allylic oxidation sites excluding steroid dienone is 2. The van der Waals surface area contributed by atoms with Crippen LogP contribution in [-0.4, -0.2) is 28.3 Å². The van der Waals surface area contributed by atoms with Crippen LogP contribution in [0, 0.1) is 5.92 Å². The van der Waals surface area contributed by atoms with Gasteiger partial charge in [0.2, 0.25) is 5.82 Å². The van der Waals surface area contributed by atoms with Crippen molar-refractivity contribution >= 4 is 0 Å². The second-order valence-electron chi connectivity index (χ2n) is 5.19. The summed E-state index contributed by atoms with van der Waals surface area (Å²) >= 11 is 0. The molecule has 0 radical (unpaired) electrons. The topological polar surface area (TPSA) is 66.7 Å². The Morgan fingerprint density at radius 1 is 1.40 bits per heavy atom. The molecule has 2 aromatic heterocycles. The van der Waals surface area contributed by atoms with Gasteiger partial charge in [0, 0.05) is 13.0 Å². The fourth-order valence-corrected chi connectivity index (χ4v) is 2.48. The van der Waals surface area contributed by atoms with Gasteiger partial charge in [-0.25, -0.2) is 4.98 Å². The summed E-state index contributed by atoms with van der Waals surface area (Å²) in [7, 11) is 0. The fourth-order valence-electron chi connectivity index (χ4n) is 2.48. The summed E-state index contributed by atoms with van der Waals surface area (Å²) in [5.74, 6) is 3.01. The lowest BCUT2D eigenvalue weighted by atomic mass is 9.94. The van der Waals surface area contributed by atoms with Crippen LogP contribution in [0.4, 0.5) is 0 Å². The van der Waals surface area contributed by atoms with Crippen molar-refractivity contribution in [2.24, 2.45) is 5.92 Å². The minimum atomic E-state index is 0.627. The summed E-state index contributed by atoms with van der Waals surface area (Å²) < 4.78 is 5.27. The van der Waals surface area contributed by atoms with E-state index in [9.17, 15) is 0 Å². The summed E-state index contributed by atoms with van der Waals surface area (Å²) in [6.07, 6.45) is 10.8. The zero-order valence-electron chi connectivity index (χ0n) is 11.5. The van der Waals surface area contributed by atoms with E-state index < -0.39 is 0 Å². The van der Waals surface area contributed by atoms with Crippen molar-refractivity contribution in [1.29, 1.82) is 0 Å². The quantitative estimate of drug-likeness (QED) is 0.626. The molecule has 106 valence electrons. The number of aromatic nitrogens is 3. The summed E-state index contributed by atoms with van der Waals surface area (Å²) in [5.41, 5.74) is 0. The highest BCUT2D eigenvalue weighted by Gasteiger charge is 2.10. The van der Waals surface area contributed by atoms with Gasteiger partial charge in [-0.2, -0.15) is 5.10 Å². The highest BCUT2D eigenvalue weighted by molar-refractivity contribution is 5.45. The van der Waals surface area contributed by atoms with Crippen molar-refractivity contribution in [2.45, 2.75) is 25.7 Å². The Hall–Kier alpha value is -1.88. The normalized spacial score (nSPS) is 18.5. The molecule has 3 rings (SSSR count). The van der Waals surface area contributed by atoms with Crippen molar-refractivity contribution in [1.82, 2.24) is 20.5 Å². The van der Waals surface area contributed by atoms with Crippen molar-refractivity contribution in [3.8, 4) is 11.6 Å². The van der Waals surface area contributed by atoms with Gasteiger partial charge >= 0.3 is 0 Å². The second-order valence-corrected chi connectivity index (χ2v) is 5.19. The van der Waals surface area contributed by atoms with Crippen LogP contribution < -0.4 is 5.32 Å². The minimum absolute atomic E-state index is 0.627. The molecule has 0 bridgehead atoms. The van der Waals surface area contributed by atoms with E-state index in [0.29, 0.717) is 11.6 Å². The summed E-state index contributed by atoms with van der Waals surface area (Å²) in [6, 6.07) is 3.70. The molecule has 0 saturated heterocycles. The molecular weight excluding hydrogens is 252 g/mol. The number of H-pyrrole nitrogens is 1. The molecule has 2 aromatic rings. The molecule has 20 heavy (non-hydrogen) atoms. The monoisotopic (exact) mass is 272 g/mol. The standard InChI is InChI=1S/C15H20N4O/c1-2-5-12(6-3-1)11-16-9-8-14-17-15(19-18-14)13-7-4-10-20-13/h1-2,4,7,10,12,16H,3,5-6,8-9,11H2,(H,17,18,19). The molecule has 0 amide bonds. The van der Waals surface area contributed by atoms with Gasteiger partial charge in [0.15, 0.2) is 5.76 Å². The highest BCUT2D eigenvalue weighted by atomic mass is 16.3. The SMILES string of the molecule is C1=CCC(CNCCc2nc(-c3ccco3)n[nH]2)CC1. The lowest BCUT2D eigenvalue weighted by molar-refractivity contribution is 0.441. The van der Waals surface area contributed by atoms with Crippen LogP contribution in [0.1, 0.15) is 25.1 Å². The maximum atomic E-state index is 5.27. The third-order valence-electron chi connectivity index (χ3n) is 3.62. The second kappa shape index (κ2) is 6.52. The van der Waals surface area contributed by atoms with Crippen molar-refractivity contribution in [3.05, 3.63) is 36.4 Å². The van der Waals surface area contributed by atoms with Crippen LogP contribution in [0.2, 0.25) is 0 Å². The first-order chi connectivity index (χ1) is 9.92. The van der Waals surface area contributed by atoms with Crippen LogP contribution in [0.5, 0.6) is 0 Å². The van der Waals surface area contributed by atoms with Gasteiger partial charge in [-0.1, -0.05) is 12.2 Å². The molecule has 0 fully saturated rings. The molecule has 1 atom stereocenters. The van der Waals surface area contributed by atoms with E-state index in [2.05, 4.69) is 32.7 Å². The molecule has 0 saturated carbocycles. The first kappa shape index (κ1) is 13.1. The Morgan fingerprint density at radius 3 is 3.20 bits per heavy atom. The van der Waals surface area contributed by atoms with Crippen LogP contribution >= 0.6 is 0 Å². The lowest BCUT2D eigenvalue weighted by Crippen LogP contribution is -2.25. The van der Waals surface area contributed by atoms with Crippen molar-refractivity contribution < 1.29 is 4.42 Å². The van der Waals surface area contributed by atoms with E-state index in [1.807, 2.05) is 12.1 Å². The maximum Gasteiger partial charge on any atom is 0.216 e. The average Bonchev–Trinajstić information content (AvgIpc) is 3.15. The number of aromatic amines is 1. The van der Waals surface area contributed by atoms with E-state index in [-0.39, 0.29) is 0 Å². The lowest BCUT2D eigenvalue weighted by Gasteiger charge is -2.17. The van der Waals surface area contributed by atoms with Gasteiger partial charge in [-0.05, 0) is 43.9 Å². The smallest absolute Gasteiger partial charge is 0.216 e. The minimum Gasteiger partial charge on any atom is -0.461 e. The highest BCUT2D eigenvalue weighted by Crippen LogP contribution is 2.17. The van der Waals surface area contributed by atoms with Crippen LogP contribution in [0.15, 0.2) is 35.0 Å². The first-order valence-electron chi connectivity index (χ1n) is 7.22. The third kappa shape index (κ3) is 3.36. The van der Waals surface area contributed by atoms with Gasteiger partial charge < -0.3 is 9.73 Å². The van der Waals surface area contributed by atoms with Gasteiger partial charge in [-0.3, -0.25) is 5.10 Å². The predicted molar refractivity (Wildman–Crippen MR) is 77.1 cm³/mol. The van der Waals surface area contributed by atoms with E-state index in [1.54, 1.807) is 6.26 Å². The number of hydrogen-bond donors (Lipinski definition) is 2. The van der Waals surface area contributed by atoms with Gasteiger partial charge in [0.1, 0.15) is 5.82 Å². The maximum absolute atomic E-state index is 5.27. The fraction of sp³-hybridized carbons (Fsp3) is 0.467. The Bertz CT molecular complexity index is 544. The van der Waals surface area contributed by atoms with Crippen molar-refractivity contribution in [2.75, 3.05) is 13.1 Å². The van der Waals surface area contributed by atoms with Gasteiger partial charge in [-0.15, -0.1) is 0 Å². The Labute approximate surface area is 118 Å². The third-order valence-corrected chi connectivity index (χ3v) is 3.62. The van der Waals surface area contributed by atoms with Crippen LogP contribution in [-0.2, 0) is 6.42 Å². The van der Waals surface area contributed by atoms with Crippen molar-refractivity contribution in [3.63, 3.8) is 0 Å². The zero-order valence-corrected chi connectivity index (χ0v) is 11.5. The molecule has 5 heteroatoms. The largest absolute Gasteiger partial charge is 0.461 e. The number of nitrogens with zero attached hydrogens (tertiary/aromatic N) is 2. The number of hydrogen-bond acceptors (Lipinski definition) is 4. The molecule has 1 aliphatic rings. The number of furan rings is 1. The Kier molecular flexibility index (Phi) is 4.28. The van der Waals surface area contributed by atoms with E-state index in [0.717, 1.165) is 31.3 Å². The Balaban J connectivity index is 1.41. The van der Waals surface area contributed by atoms with Crippen LogP contribution in [0.3, 0.4) is 0 Å². The molecular formula is C15H20N4O. The summed E-state index contributed by atoms with van der Waals surface area (Å²) in [5, 5.41) is 10.6. The van der Waals surface area contributed by atoms with Gasteiger partial charge in [0.05, 0.1) is 6.26 Å². The van der Waals surface area contributed by atoms with E-state index >= 15 is 0 Å². The molecule has 0 spiro atoms. The van der Waals surface area contributed by atoms with Gasteiger partial charge in [0.25, 0.3) is 0 Å². The number of rotatable bonds is 6. The van der Waals surface area contributed by atoms with E-state index in [4.69, 9.17) is 4.42 Å². The molecule has 1 unspecified atom stereocenters. The molecule has 0 aromatic carbocycles. The molecule has 2 heterocycles.